The van der Waals surface area contributed by atoms with Gasteiger partial charge in [-0.3, -0.25) is 14.9 Å². The molecule has 0 radical (unpaired) electrons. The number of nitrogens with one attached hydrogen (secondary N) is 1. The summed E-state index contributed by atoms with van der Waals surface area (Å²) < 4.78 is 5.26. The number of amides is 1. The van der Waals surface area contributed by atoms with Crippen LogP contribution in [0.5, 0.6) is 5.75 Å². The van der Waals surface area contributed by atoms with E-state index in [0.29, 0.717) is 0 Å². The zero-order valence-electron chi connectivity index (χ0n) is 12.3. The van der Waals surface area contributed by atoms with Crippen LogP contribution in [-0.2, 0) is 4.79 Å². The van der Waals surface area contributed by atoms with Crippen molar-refractivity contribution in [2.75, 3.05) is 11.9 Å². The maximum absolute atomic E-state index is 12.0. The third-order valence-electron chi connectivity index (χ3n) is 2.94. The highest BCUT2D eigenvalue weighted by Crippen LogP contribution is 2.48. The van der Waals surface area contributed by atoms with Gasteiger partial charge >= 0.3 is 0 Å². The molecular weight excluding hydrogens is 473 g/mol. The van der Waals surface area contributed by atoms with Crippen LogP contribution < -0.4 is 10.1 Å². The van der Waals surface area contributed by atoms with E-state index in [9.17, 15) is 14.9 Å². The second-order valence-corrected chi connectivity index (χ2v) is 6.96. The van der Waals surface area contributed by atoms with Crippen molar-refractivity contribution in [2.45, 2.75) is 0 Å². The van der Waals surface area contributed by atoms with E-state index in [-0.39, 0.29) is 47.3 Å². The van der Waals surface area contributed by atoms with Crippen LogP contribution in [0.15, 0.2) is 18.2 Å². The topological polar surface area (TPSA) is 81.5 Å². The number of ether oxygens (including phenoxy) is 1. The summed E-state index contributed by atoms with van der Waals surface area (Å²) in [5.74, 6) is -0.763. The molecule has 0 spiro atoms. The Hall–Kier alpha value is -1.15. The fourth-order valence-electron chi connectivity index (χ4n) is 1.78. The molecule has 0 aliphatic carbocycles. The first-order valence-corrected chi connectivity index (χ1v) is 8.78. The minimum absolute atomic E-state index is 0.0476. The molecule has 0 bridgehead atoms. The smallest absolute Gasteiger partial charge is 0.289 e. The Morgan fingerprint density at radius 3 is 2.08 bits per heavy atom. The van der Waals surface area contributed by atoms with Crippen molar-refractivity contribution in [1.82, 2.24) is 0 Å². The van der Waals surface area contributed by atoms with Crippen molar-refractivity contribution in [3.8, 4) is 5.75 Å². The van der Waals surface area contributed by atoms with Gasteiger partial charge in [0.25, 0.3) is 11.6 Å². The Morgan fingerprint density at radius 1 is 1.00 bits per heavy atom. The van der Waals surface area contributed by atoms with Crippen LogP contribution >= 0.6 is 69.6 Å². The van der Waals surface area contributed by atoms with E-state index in [1.54, 1.807) is 0 Å². The molecule has 26 heavy (non-hydrogen) atoms. The van der Waals surface area contributed by atoms with E-state index in [2.05, 4.69) is 5.32 Å². The van der Waals surface area contributed by atoms with Gasteiger partial charge in [-0.1, -0.05) is 69.6 Å². The molecule has 2 aromatic rings. The van der Waals surface area contributed by atoms with Crippen molar-refractivity contribution in [2.24, 2.45) is 0 Å². The molecule has 2 rings (SSSR count). The van der Waals surface area contributed by atoms with Crippen LogP contribution in [0.25, 0.3) is 0 Å². The van der Waals surface area contributed by atoms with Gasteiger partial charge in [-0.2, -0.15) is 0 Å². The zero-order valence-corrected chi connectivity index (χ0v) is 16.8. The maximum Gasteiger partial charge on any atom is 0.289 e. The summed E-state index contributed by atoms with van der Waals surface area (Å²) in [7, 11) is 0. The molecule has 0 atom stereocenters. The number of nitrogens with zero attached hydrogens (tertiary/aromatic N) is 1. The highest BCUT2D eigenvalue weighted by molar-refractivity contribution is 6.55. The van der Waals surface area contributed by atoms with Crippen molar-refractivity contribution in [1.29, 1.82) is 0 Å². The monoisotopic (exact) mass is 476 g/mol. The van der Waals surface area contributed by atoms with E-state index in [1.807, 2.05) is 0 Å². The minimum atomic E-state index is -0.675. The zero-order chi connectivity index (χ0) is 19.6. The second-order valence-electron chi connectivity index (χ2n) is 4.66. The van der Waals surface area contributed by atoms with Crippen molar-refractivity contribution >= 4 is 86.9 Å². The Bertz CT molecular complexity index is 876. The van der Waals surface area contributed by atoms with E-state index >= 15 is 0 Å². The van der Waals surface area contributed by atoms with E-state index in [4.69, 9.17) is 74.3 Å². The summed E-state index contributed by atoms with van der Waals surface area (Å²) in [5.41, 5.74) is -0.202. The highest BCUT2D eigenvalue weighted by atomic mass is 35.5. The van der Waals surface area contributed by atoms with E-state index < -0.39 is 17.4 Å². The van der Waals surface area contributed by atoms with Crippen LogP contribution in [0.3, 0.4) is 0 Å². The second kappa shape index (κ2) is 8.69. The molecule has 0 fully saturated rings. The molecule has 138 valence electrons. The molecule has 1 amide bonds. The summed E-state index contributed by atoms with van der Waals surface area (Å²) in [4.78, 5) is 22.2. The van der Waals surface area contributed by atoms with Crippen LogP contribution in [0.4, 0.5) is 11.4 Å². The quantitative estimate of drug-likeness (QED) is 0.229. The molecule has 0 saturated heterocycles. The molecule has 0 heterocycles. The largest absolute Gasteiger partial charge is 0.481 e. The Morgan fingerprint density at radius 2 is 1.54 bits per heavy atom. The maximum atomic E-state index is 12.0. The lowest BCUT2D eigenvalue weighted by Gasteiger charge is -2.13. The number of hydrogen-bond donors (Lipinski definition) is 1. The number of nitro benzene ring substituents is 1. The fraction of sp³-hybridized carbons (Fsp3) is 0.0714. The molecule has 0 saturated carbocycles. The normalized spacial score (nSPS) is 10.5. The van der Waals surface area contributed by atoms with Crippen LogP contribution in [0.2, 0.25) is 30.1 Å². The molecule has 2 aromatic carbocycles. The first-order chi connectivity index (χ1) is 12.1. The number of benzene rings is 2. The average molecular weight is 479 g/mol. The summed E-state index contributed by atoms with van der Waals surface area (Å²) in [6.07, 6.45) is 0. The van der Waals surface area contributed by atoms with Crippen molar-refractivity contribution in [3.63, 3.8) is 0 Å². The molecule has 12 heteroatoms. The van der Waals surface area contributed by atoms with Gasteiger partial charge in [0.15, 0.2) is 12.4 Å². The van der Waals surface area contributed by atoms with Crippen LogP contribution in [0, 0.1) is 10.1 Å². The van der Waals surface area contributed by atoms with Gasteiger partial charge in [-0.05, 0) is 12.1 Å². The van der Waals surface area contributed by atoms with Gasteiger partial charge in [0.2, 0.25) is 0 Å². The molecular formula is C14H6Cl6N2O4. The number of anilines is 1. The van der Waals surface area contributed by atoms with Gasteiger partial charge in [-0.25, -0.2) is 0 Å². The van der Waals surface area contributed by atoms with Gasteiger partial charge in [-0.15, -0.1) is 0 Å². The summed E-state index contributed by atoms with van der Waals surface area (Å²) >= 11 is 35.3. The lowest BCUT2D eigenvalue weighted by Crippen LogP contribution is -2.20. The Labute approximate surface area is 177 Å². The number of carbonyl (C=O) groups excluding carboxylic acids is 1. The lowest BCUT2D eigenvalue weighted by atomic mass is 10.3. The Kier molecular flexibility index (Phi) is 7.07. The summed E-state index contributed by atoms with van der Waals surface area (Å²) in [6, 6.07) is 3.78. The van der Waals surface area contributed by atoms with E-state index in [0.717, 1.165) is 6.07 Å². The number of hydrogen-bond acceptors (Lipinski definition) is 4. The standard InChI is InChI=1S/C14H6Cl6N2O4/c15-6-2-1-5(3-7(6)22(24)25)21-8(23)4-26-14-12(19)10(17)9(16)11(18)13(14)20/h1-3H,4H2,(H,21,23). The van der Waals surface area contributed by atoms with Gasteiger partial charge in [0.05, 0.1) is 20.0 Å². The third kappa shape index (κ3) is 4.57. The first-order valence-electron chi connectivity index (χ1n) is 6.51. The number of carbonyl (C=O) groups is 1. The molecule has 0 aliphatic rings. The number of nitro groups is 1. The van der Waals surface area contributed by atoms with Crippen LogP contribution in [0.1, 0.15) is 0 Å². The molecule has 0 aromatic heterocycles. The summed E-state index contributed by atoms with van der Waals surface area (Å²) in [5, 5.41) is 12.8. The fourth-order valence-corrected chi connectivity index (χ4v) is 3.19. The minimum Gasteiger partial charge on any atom is -0.481 e. The molecule has 0 aliphatic heterocycles. The molecule has 1 N–H and O–H groups in total. The van der Waals surface area contributed by atoms with Crippen molar-refractivity contribution in [3.05, 3.63) is 58.4 Å². The van der Waals surface area contributed by atoms with Crippen molar-refractivity contribution < 1.29 is 14.5 Å². The Balaban J connectivity index is 2.13. The number of rotatable bonds is 5. The van der Waals surface area contributed by atoms with Gasteiger partial charge < -0.3 is 10.1 Å². The predicted octanol–water partition coefficient (Wildman–Crippen LogP) is 6.53. The molecule has 6 nitrogen and oxygen atoms in total. The third-order valence-corrected chi connectivity index (χ3v) is 5.51. The van der Waals surface area contributed by atoms with Gasteiger partial charge in [0.1, 0.15) is 15.1 Å². The SMILES string of the molecule is O=C(COc1c(Cl)c(Cl)c(Cl)c(Cl)c1Cl)Nc1ccc(Cl)c([N+](=O)[O-])c1. The highest BCUT2D eigenvalue weighted by Gasteiger charge is 2.21. The summed E-state index contributed by atoms with van der Waals surface area (Å²) in [6.45, 7) is -0.524. The first kappa shape index (κ1) is 21.2. The number of halogens is 6. The average Bonchev–Trinajstić information content (AvgIpc) is 2.59. The lowest BCUT2D eigenvalue weighted by molar-refractivity contribution is -0.384. The van der Waals surface area contributed by atoms with Gasteiger partial charge in [0, 0.05) is 11.8 Å². The van der Waals surface area contributed by atoms with Crippen LogP contribution in [-0.4, -0.2) is 17.4 Å². The van der Waals surface area contributed by atoms with E-state index in [1.165, 1.54) is 12.1 Å². The molecule has 0 unspecified atom stereocenters. The predicted molar refractivity (Wildman–Crippen MR) is 104 cm³/mol.